The minimum atomic E-state index is -4.80. The molecule has 0 spiro atoms. The summed E-state index contributed by atoms with van der Waals surface area (Å²) < 4.78 is 45.8. The van der Waals surface area contributed by atoms with Gasteiger partial charge in [0.2, 0.25) is 5.82 Å². The molecule has 0 aliphatic rings. The van der Waals surface area contributed by atoms with Crippen molar-refractivity contribution in [1.82, 2.24) is 20.4 Å². The van der Waals surface area contributed by atoms with Gasteiger partial charge in [0.1, 0.15) is 11.8 Å². The zero-order valence-corrected chi connectivity index (χ0v) is 16.7. The third-order valence-corrected chi connectivity index (χ3v) is 4.70. The van der Waals surface area contributed by atoms with E-state index in [-0.39, 0.29) is 11.7 Å². The summed E-state index contributed by atoms with van der Waals surface area (Å²) in [7, 11) is 0. The first-order valence-corrected chi connectivity index (χ1v) is 9.49. The van der Waals surface area contributed by atoms with E-state index in [1.807, 2.05) is 0 Å². The average molecular weight is 467 g/mol. The summed E-state index contributed by atoms with van der Waals surface area (Å²) in [4.78, 5) is 19.8. The number of halogens is 4. The first-order valence-electron chi connectivity index (χ1n) is 9.11. The predicted molar refractivity (Wildman–Crippen MR) is 107 cm³/mol. The number of benzene rings is 2. The van der Waals surface area contributed by atoms with Gasteiger partial charge < -0.3 is 24.7 Å². The van der Waals surface area contributed by atoms with Gasteiger partial charge in [-0.2, -0.15) is 4.98 Å². The van der Waals surface area contributed by atoms with Gasteiger partial charge in [-0.15, -0.1) is 13.2 Å². The average Bonchev–Trinajstić information content (AvgIpc) is 3.38. The van der Waals surface area contributed by atoms with E-state index >= 15 is 0 Å². The van der Waals surface area contributed by atoms with Crippen LogP contribution < -0.4 is 10.1 Å². The van der Waals surface area contributed by atoms with Crippen molar-refractivity contribution in [3.8, 4) is 17.1 Å². The van der Waals surface area contributed by atoms with Crippen LogP contribution in [0.1, 0.15) is 22.3 Å². The Morgan fingerprint density at radius 2 is 2.00 bits per heavy atom. The summed E-state index contributed by atoms with van der Waals surface area (Å²) in [5.41, 5.74) is 1.35. The minimum Gasteiger partial charge on any atom is -0.406 e. The third kappa shape index (κ3) is 4.68. The molecule has 2 aromatic heterocycles. The summed E-state index contributed by atoms with van der Waals surface area (Å²) in [6.45, 7) is -0.528. The van der Waals surface area contributed by atoms with E-state index < -0.39 is 30.7 Å². The van der Waals surface area contributed by atoms with Crippen LogP contribution in [0.5, 0.6) is 5.75 Å². The van der Waals surface area contributed by atoms with E-state index in [0.717, 1.165) is 12.1 Å². The number of carbonyl (C=O) groups is 1. The monoisotopic (exact) mass is 466 g/mol. The van der Waals surface area contributed by atoms with Crippen molar-refractivity contribution in [2.24, 2.45) is 0 Å². The molecule has 0 aliphatic carbocycles. The Bertz CT molecular complexity index is 1250. The van der Waals surface area contributed by atoms with Gasteiger partial charge in [-0.25, -0.2) is 0 Å². The second kappa shape index (κ2) is 8.52. The molecule has 0 radical (unpaired) electrons. The van der Waals surface area contributed by atoms with E-state index in [1.54, 1.807) is 18.2 Å². The topological polar surface area (TPSA) is 113 Å². The lowest BCUT2D eigenvalue weighted by Crippen LogP contribution is -2.30. The van der Waals surface area contributed by atoms with Crippen LogP contribution in [0.4, 0.5) is 13.2 Å². The van der Waals surface area contributed by atoms with Crippen molar-refractivity contribution in [1.29, 1.82) is 0 Å². The molecule has 0 fully saturated rings. The number of aromatic nitrogens is 3. The highest BCUT2D eigenvalue weighted by Crippen LogP contribution is 2.26. The molecule has 1 atom stereocenters. The fraction of sp³-hybridized carbons (Fsp3) is 0.150. The number of aromatic amines is 1. The molecule has 12 heteroatoms. The number of H-pyrrole nitrogens is 1. The molecular formula is C20H14ClF3N4O4. The number of carbonyl (C=O) groups excluding carboxylic acids is 1. The lowest BCUT2D eigenvalue weighted by molar-refractivity contribution is -0.274. The van der Waals surface area contributed by atoms with E-state index in [4.69, 9.17) is 16.1 Å². The molecule has 0 saturated carbocycles. The normalized spacial score (nSPS) is 12.7. The molecule has 2 aromatic carbocycles. The molecule has 166 valence electrons. The molecular weight excluding hydrogens is 453 g/mol. The van der Waals surface area contributed by atoms with Crippen molar-refractivity contribution >= 4 is 28.4 Å². The van der Waals surface area contributed by atoms with Gasteiger partial charge in [0.05, 0.1) is 12.2 Å². The van der Waals surface area contributed by atoms with Gasteiger partial charge >= 0.3 is 6.36 Å². The number of alkyl halides is 3. The summed E-state index contributed by atoms with van der Waals surface area (Å²) in [5, 5.41) is 17.2. The third-order valence-electron chi connectivity index (χ3n) is 4.46. The number of nitrogens with one attached hydrogen (secondary N) is 2. The lowest BCUT2D eigenvalue weighted by Gasteiger charge is -2.11. The maximum atomic E-state index is 12.7. The van der Waals surface area contributed by atoms with Crippen LogP contribution in [0.3, 0.4) is 0 Å². The fourth-order valence-corrected chi connectivity index (χ4v) is 3.18. The van der Waals surface area contributed by atoms with Gasteiger partial charge in [-0.3, -0.25) is 4.79 Å². The molecule has 4 rings (SSSR count). The number of amides is 1. The Morgan fingerprint density at radius 3 is 2.69 bits per heavy atom. The summed E-state index contributed by atoms with van der Waals surface area (Å²) in [6.07, 6.45) is -3.29. The van der Waals surface area contributed by atoms with Crippen LogP contribution in [0.15, 0.2) is 53.2 Å². The number of fused-ring (bicyclic) bond motifs is 1. The Morgan fingerprint density at radius 1 is 1.25 bits per heavy atom. The van der Waals surface area contributed by atoms with Crippen LogP contribution in [0.25, 0.3) is 22.3 Å². The number of hydrogen-bond donors (Lipinski definition) is 3. The van der Waals surface area contributed by atoms with Crippen molar-refractivity contribution in [3.63, 3.8) is 0 Å². The second-order valence-corrected chi connectivity index (χ2v) is 7.07. The summed E-state index contributed by atoms with van der Waals surface area (Å²) >= 11 is 5.95. The molecule has 3 N–H and O–H groups in total. The van der Waals surface area contributed by atoms with Gasteiger partial charge in [-0.1, -0.05) is 22.8 Å². The molecule has 0 aliphatic heterocycles. The molecule has 0 bridgehead atoms. The number of aliphatic hydroxyl groups is 1. The highest BCUT2D eigenvalue weighted by Gasteiger charge is 2.31. The minimum absolute atomic E-state index is 0.0630. The maximum absolute atomic E-state index is 12.7. The highest BCUT2D eigenvalue weighted by atomic mass is 35.5. The molecule has 0 saturated heterocycles. The van der Waals surface area contributed by atoms with Crippen molar-refractivity contribution < 1.29 is 32.3 Å². The highest BCUT2D eigenvalue weighted by molar-refractivity contribution is 6.31. The molecule has 32 heavy (non-hydrogen) atoms. The number of ether oxygens (including phenoxy) is 1. The first-order chi connectivity index (χ1) is 15.2. The lowest BCUT2D eigenvalue weighted by atomic mass is 10.1. The van der Waals surface area contributed by atoms with Crippen molar-refractivity contribution in [2.75, 3.05) is 6.61 Å². The van der Waals surface area contributed by atoms with Gasteiger partial charge in [0.15, 0.2) is 0 Å². The molecule has 2 heterocycles. The fourth-order valence-electron chi connectivity index (χ4n) is 3.01. The molecule has 4 aromatic rings. The van der Waals surface area contributed by atoms with Crippen LogP contribution in [0, 0.1) is 0 Å². The summed E-state index contributed by atoms with van der Waals surface area (Å²) in [5.74, 6) is -0.904. The largest absolute Gasteiger partial charge is 0.573 e. The molecule has 8 nitrogen and oxygen atoms in total. The van der Waals surface area contributed by atoms with E-state index in [9.17, 15) is 23.1 Å². The standard InChI is InChI=1S/C20H14ClF3N4O4/c21-11-3-6-13-14(8-25-15(13)7-11)18(30)26-16(9-29)19-27-17(28-32-19)10-1-4-12(5-2-10)31-20(22,23)24/h1-8,16,25,29H,9H2,(H,26,30). The van der Waals surface area contributed by atoms with E-state index in [2.05, 4.69) is 25.2 Å². The zero-order valence-electron chi connectivity index (χ0n) is 16.0. The van der Waals surface area contributed by atoms with Crippen LogP contribution >= 0.6 is 11.6 Å². The van der Waals surface area contributed by atoms with Crippen LogP contribution in [-0.2, 0) is 0 Å². The number of hydrogen-bond acceptors (Lipinski definition) is 6. The van der Waals surface area contributed by atoms with Gasteiger partial charge in [0, 0.05) is 27.7 Å². The van der Waals surface area contributed by atoms with Crippen LogP contribution in [-0.4, -0.2) is 39.1 Å². The Kier molecular flexibility index (Phi) is 5.76. The molecule has 1 unspecified atom stereocenters. The Balaban J connectivity index is 1.50. The second-order valence-electron chi connectivity index (χ2n) is 6.63. The van der Waals surface area contributed by atoms with Gasteiger partial charge in [0.25, 0.3) is 11.8 Å². The van der Waals surface area contributed by atoms with Gasteiger partial charge in [-0.05, 0) is 36.4 Å². The number of rotatable bonds is 6. The number of aliphatic hydroxyl groups excluding tert-OH is 1. The Labute approximate surface area is 183 Å². The SMILES string of the molecule is O=C(NC(CO)c1nc(-c2ccc(OC(F)(F)F)cc2)no1)c1c[nH]c2cc(Cl)ccc12. The predicted octanol–water partition coefficient (Wildman–Crippen LogP) is 4.23. The zero-order chi connectivity index (χ0) is 22.9. The van der Waals surface area contributed by atoms with E-state index in [1.165, 1.54) is 18.3 Å². The first kappa shape index (κ1) is 21.7. The van der Waals surface area contributed by atoms with Crippen LogP contribution in [0.2, 0.25) is 5.02 Å². The smallest absolute Gasteiger partial charge is 0.406 e. The van der Waals surface area contributed by atoms with E-state index in [0.29, 0.717) is 27.1 Å². The van der Waals surface area contributed by atoms with Crippen molar-refractivity contribution in [3.05, 3.63) is 65.1 Å². The number of nitrogens with zero attached hydrogens (tertiary/aromatic N) is 2. The van der Waals surface area contributed by atoms with Crippen molar-refractivity contribution in [2.45, 2.75) is 12.4 Å². The quantitative estimate of drug-likeness (QED) is 0.392. The Hall–Kier alpha value is -3.57. The summed E-state index contributed by atoms with van der Waals surface area (Å²) in [6, 6.07) is 8.85. The maximum Gasteiger partial charge on any atom is 0.573 e. The molecule has 1 amide bonds.